The van der Waals surface area contributed by atoms with E-state index in [1.807, 2.05) is 6.92 Å². The van der Waals surface area contributed by atoms with E-state index in [0.717, 1.165) is 10.2 Å². The molecule has 1 aromatic heterocycles. The van der Waals surface area contributed by atoms with Crippen molar-refractivity contribution in [3.8, 4) is 0 Å². The Hall–Kier alpha value is -1.14. The summed E-state index contributed by atoms with van der Waals surface area (Å²) in [4.78, 5) is 17.9. The summed E-state index contributed by atoms with van der Waals surface area (Å²) in [5, 5.41) is 0. The number of carbonyl (C=O) groups excluding carboxylic acids is 1. The third kappa shape index (κ3) is 2.28. The second-order valence-corrected chi connectivity index (χ2v) is 5.13. The summed E-state index contributed by atoms with van der Waals surface area (Å²) in [5.41, 5.74) is 12.8. The Morgan fingerprint density at radius 2 is 2.35 bits per heavy atom. The molecule has 2 heterocycles. The van der Waals surface area contributed by atoms with Gasteiger partial charge in [0.05, 0.1) is 11.4 Å². The first kappa shape index (κ1) is 12.3. The normalized spacial score (nSPS) is 20.1. The molecule has 1 unspecified atom stereocenters. The summed E-state index contributed by atoms with van der Waals surface area (Å²) in [6, 6.07) is 1.78. The number of carbonyl (C=O) groups is 1. The Balaban J connectivity index is 2.35. The molecule has 0 aliphatic carbocycles. The van der Waals surface area contributed by atoms with Crippen molar-refractivity contribution in [3.05, 3.63) is 16.2 Å². The second kappa shape index (κ2) is 4.62. The maximum absolute atomic E-state index is 11.9. The average Bonchev–Trinajstić information content (AvgIpc) is 2.65. The fourth-order valence-electron chi connectivity index (χ4n) is 1.94. The molecule has 1 aliphatic rings. The third-order valence-corrected chi connectivity index (χ3v) is 3.76. The van der Waals surface area contributed by atoms with Crippen molar-refractivity contribution in [3.63, 3.8) is 0 Å². The van der Waals surface area contributed by atoms with E-state index in [-0.39, 0.29) is 11.8 Å². The Kier molecular flexibility index (Phi) is 3.35. The minimum absolute atomic E-state index is 0.0429. The predicted octanol–water partition coefficient (Wildman–Crippen LogP) is 1.05. The summed E-state index contributed by atoms with van der Waals surface area (Å²) in [7, 11) is 0. The van der Waals surface area contributed by atoms with Crippen LogP contribution in [-0.2, 0) is 4.79 Å². The average molecular weight is 299 g/mol. The third-order valence-electron chi connectivity index (χ3n) is 2.95. The van der Waals surface area contributed by atoms with Gasteiger partial charge in [-0.2, -0.15) is 0 Å². The Labute approximate surface area is 108 Å². The van der Waals surface area contributed by atoms with Crippen molar-refractivity contribution in [2.45, 2.75) is 13.3 Å². The Morgan fingerprint density at radius 1 is 1.65 bits per heavy atom. The molecule has 1 atom stereocenters. The van der Waals surface area contributed by atoms with Gasteiger partial charge in [0.25, 0.3) is 0 Å². The molecule has 1 aliphatic heterocycles. The number of anilines is 2. The largest absolute Gasteiger partial charge is 0.396 e. The van der Waals surface area contributed by atoms with Gasteiger partial charge in [0, 0.05) is 17.4 Å². The lowest BCUT2D eigenvalue weighted by Crippen LogP contribution is -2.27. The van der Waals surface area contributed by atoms with Crippen molar-refractivity contribution < 1.29 is 4.79 Å². The lowest BCUT2D eigenvalue weighted by molar-refractivity contribution is -0.117. The van der Waals surface area contributed by atoms with Crippen LogP contribution in [0.25, 0.3) is 0 Å². The number of aromatic nitrogens is 1. The maximum atomic E-state index is 11.9. The van der Waals surface area contributed by atoms with Gasteiger partial charge in [-0.05, 0) is 41.4 Å². The van der Waals surface area contributed by atoms with Crippen LogP contribution >= 0.6 is 15.9 Å². The summed E-state index contributed by atoms with van der Waals surface area (Å²) in [6.07, 6.45) is 0.479. The molecule has 0 aromatic carbocycles. The van der Waals surface area contributed by atoms with Crippen LogP contribution in [-0.4, -0.2) is 24.0 Å². The van der Waals surface area contributed by atoms with Crippen molar-refractivity contribution in [1.29, 1.82) is 0 Å². The zero-order valence-electron chi connectivity index (χ0n) is 9.61. The van der Waals surface area contributed by atoms with Crippen molar-refractivity contribution in [2.75, 3.05) is 23.7 Å². The molecule has 1 aromatic rings. The molecule has 2 rings (SSSR count). The number of hydrogen-bond donors (Lipinski definition) is 2. The van der Waals surface area contributed by atoms with E-state index in [4.69, 9.17) is 11.5 Å². The first-order valence-corrected chi connectivity index (χ1v) is 6.25. The number of nitrogens with two attached hydrogens (primary N) is 2. The fraction of sp³-hybridized carbons (Fsp3) is 0.455. The smallest absolute Gasteiger partial charge is 0.228 e. The number of pyridine rings is 1. The van der Waals surface area contributed by atoms with Gasteiger partial charge in [-0.3, -0.25) is 9.69 Å². The molecule has 1 fully saturated rings. The molecule has 17 heavy (non-hydrogen) atoms. The van der Waals surface area contributed by atoms with Gasteiger partial charge in [-0.1, -0.05) is 0 Å². The van der Waals surface area contributed by atoms with Crippen LogP contribution in [0.1, 0.15) is 12.1 Å². The number of rotatable bonds is 2. The zero-order chi connectivity index (χ0) is 12.6. The van der Waals surface area contributed by atoms with Gasteiger partial charge in [0.1, 0.15) is 0 Å². The molecule has 0 spiro atoms. The van der Waals surface area contributed by atoms with E-state index in [9.17, 15) is 4.79 Å². The van der Waals surface area contributed by atoms with E-state index < -0.39 is 0 Å². The molecule has 1 amide bonds. The monoisotopic (exact) mass is 298 g/mol. The highest BCUT2D eigenvalue weighted by molar-refractivity contribution is 9.10. The first-order valence-electron chi connectivity index (χ1n) is 5.46. The van der Waals surface area contributed by atoms with E-state index in [1.54, 1.807) is 11.0 Å². The minimum Gasteiger partial charge on any atom is -0.396 e. The van der Waals surface area contributed by atoms with Crippen molar-refractivity contribution in [1.82, 2.24) is 4.98 Å². The Morgan fingerprint density at radius 3 is 2.94 bits per heavy atom. The molecule has 1 saturated heterocycles. The molecule has 0 bridgehead atoms. The second-order valence-electron chi connectivity index (χ2n) is 4.28. The van der Waals surface area contributed by atoms with Gasteiger partial charge in [0.2, 0.25) is 5.91 Å². The predicted molar refractivity (Wildman–Crippen MR) is 70.6 cm³/mol. The summed E-state index contributed by atoms with van der Waals surface area (Å²) in [6.45, 7) is 2.99. The van der Waals surface area contributed by atoms with E-state index in [0.29, 0.717) is 31.0 Å². The number of aryl methyl sites for hydroxylation is 1. The van der Waals surface area contributed by atoms with Crippen molar-refractivity contribution in [2.24, 2.45) is 11.7 Å². The number of halogens is 1. The van der Waals surface area contributed by atoms with Gasteiger partial charge in [-0.25, -0.2) is 4.98 Å². The van der Waals surface area contributed by atoms with Crippen LogP contribution in [0.15, 0.2) is 10.5 Å². The standard InChI is InChI=1S/C11H15BrN4O/c1-6-8(12)3-9(14)11(15-6)16-5-7(4-13)2-10(16)17/h3,7H,2,4-5,13-14H2,1H3. The highest BCUT2D eigenvalue weighted by atomic mass is 79.9. The quantitative estimate of drug-likeness (QED) is 0.854. The summed E-state index contributed by atoms with van der Waals surface area (Å²) >= 11 is 3.36. The van der Waals surface area contributed by atoms with Gasteiger partial charge < -0.3 is 11.5 Å². The van der Waals surface area contributed by atoms with E-state index >= 15 is 0 Å². The van der Waals surface area contributed by atoms with Gasteiger partial charge >= 0.3 is 0 Å². The Bertz CT molecular complexity index is 463. The highest BCUT2D eigenvalue weighted by Gasteiger charge is 2.31. The number of nitrogen functional groups attached to an aromatic ring is 1. The molecular formula is C11H15BrN4O. The first-order chi connectivity index (χ1) is 8.02. The minimum atomic E-state index is 0.0429. The molecule has 4 N–H and O–H groups in total. The molecule has 0 saturated carbocycles. The van der Waals surface area contributed by atoms with Crippen LogP contribution in [0.5, 0.6) is 0 Å². The molecule has 6 heteroatoms. The maximum Gasteiger partial charge on any atom is 0.228 e. The topological polar surface area (TPSA) is 85.2 Å². The SMILES string of the molecule is Cc1nc(N2CC(CN)CC2=O)c(N)cc1Br. The lowest BCUT2D eigenvalue weighted by atomic mass is 10.1. The fourth-order valence-corrected chi connectivity index (χ4v) is 2.28. The van der Waals surface area contributed by atoms with Crippen LogP contribution in [0.3, 0.4) is 0 Å². The number of amides is 1. The van der Waals surface area contributed by atoms with Crippen LogP contribution in [0.4, 0.5) is 11.5 Å². The molecule has 92 valence electrons. The van der Waals surface area contributed by atoms with Crippen LogP contribution in [0, 0.1) is 12.8 Å². The van der Waals surface area contributed by atoms with Gasteiger partial charge in [-0.15, -0.1) is 0 Å². The van der Waals surface area contributed by atoms with Crippen LogP contribution < -0.4 is 16.4 Å². The molecule has 5 nitrogen and oxygen atoms in total. The summed E-state index contributed by atoms with van der Waals surface area (Å²) in [5.74, 6) is 0.792. The van der Waals surface area contributed by atoms with Gasteiger partial charge in [0.15, 0.2) is 5.82 Å². The van der Waals surface area contributed by atoms with Crippen LogP contribution in [0.2, 0.25) is 0 Å². The number of hydrogen-bond acceptors (Lipinski definition) is 4. The molecular weight excluding hydrogens is 284 g/mol. The highest BCUT2D eigenvalue weighted by Crippen LogP contribution is 2.30. The van der Waals surface area contributed by atoms with Crippen molar-refractivity contribution >= 4 is 33.3 Å². The molecule has 0 radical (unpaired) electrons. The zero-order valence-corrected chi connectivity index (χ0v) is 11.2. The summed E-state index contributed by atoms with van der Waals surface area (Å²) < 4.78 is 0.848. The lowest BCUT2D eigenvalue weighted by Gasteiger charge is -2.18. The number of nitrogens with zero attached hydrogens (tertiary/aromatic N) is 2. The van der Waals surface area contributed by atoms with E-state index in [2.05, 4.69) is 20.9 Å². The van der Waals surface area contributed by atoms with E-state index in [1.165, 1.54) is 0 Å².